The van der Waals surface area contributed by atoms with Crippen LogP contribution in [0.25, 0.3) is 0 Å². The number of carbonyl (C=O) groups is 2. The molecule has 0 aliphatic heterocycles. The minimum absolute atomic E-state index is 0.00449. The minimum atomic E-state index is -0.924. The summed E-state index contributed by atoms with van der Waals surface area (Å²) in [5, 5.41) is 20.6. The maximum atomic E-state index is 13.3. The highest BCUT2D eigenvalue weighted by molar-refractivity contribution is 5.93. The summed E-state index contributed by atoms with van der Waals surface area (Å²) in [6, 6.07) is 0. The molecule has 3 saturated carbocycles. The fourth-order valence-electron chi connectivity index (χ4n) is 7.07. The average Bonchev–Trinajstić information content (AvgIpc) is 2.79. The molecule has 2 N–H and O–H groups in total. The fourth-order valence-corrected chi connectivity index (χ4v) is 7.07. The average molecular weight is 346 g/mol. The van der Waals surface area contributed by atoms with Crippen LogP contribution in [0, 0.1) is 28.6 Å². The second-order valence-corrected chi connectivity index (χ2v) is 9.44. The van der Waals surface area contributed by atoms with Crippen LogP contribution in [0.5, 0.6) is 0 Å². The lowest BCUT2D eigenvalue weighted by Gasteiger charge is -2.58. The first-order chi connectivity index (χ1) is 11.7. The summed E-state index contributed by atoms with van der Waals surface area (Å²) in [7, 11) is 0. The predicted molar refractivity (Wildman–Crippen MR) is 93.8 cm³/mol. The Kier molecular flexibility index (Phi) is 3.83. The number of carbonyl (C=O) groups excluding carboxylic acids is 2. The Labute approximate surface area is 149 Å². The SMILES string of the molecule is C[C@]12CCC(=O)C=C1CC[C@@H]1[C@@H]2C(=O)C[C@@]2(C)[C@H]1CC[C@]2(O)CCO. The zero-order chi connectivity index (χ0) is 18.0. The lowest BCUT2D eigenvalue weighted by molar-refractivity contribution is -0.162. The van der Waals surface area contributed by atoms with Crippen molar-refractivity contribution in [2.75, 3.05) is 6.61 Å². The number of Topliss-reactive ketones (excluding diaryl/α,β-unsaturated/α-hetero) is 1. The molecule has 0 amide bonds. The van der Waals surface area contributed by atoms with E-state index in [-0.39, 0.29) is 29.5 Å². The summed E-state index contributed by atoms with van der Waals surface area (Å²) in [4.78, 5) is 25.2. The molecule has 25 heavy (non-hydrogen) atoms. The maximum absolute atomic E-state index is 13.3. The summed E-state index contributed by atoms with van der Waals surface area (Å²) in [5.41, 5.74) is -0.333. The Morgan fingerprint density at radius 3 is 2.64 bits per heavy atom. The van der Waals surface area contributed by atoms with Gasteiger partial charge in [0.1, 0.15) is 5.78 Å². The molecule has 0 saturated heterocycles. The van der Waals surface area contributed by atoms with Crippen molar-refractivity contribution in [1.82, 2.24) is 0 Å². The van der Waals surface area contributed by atoms with Crippen LogP contribution >= 0.6 is 0 Å². The molecule has 0 aromatic rings. The molecular weight excluding hydrogens is 316 g/mol. The molecule has 0 heterocycles. The first-order valence-corrected chi connectivity index (χ1v) is 9.85. The molecule has 4 aliphatic carbocycles. The van der Waals surface area contributed by atoms with Crippen molar-refractivity contribution < 1.29 is 19.8 Å². The van der Waals surface area contributed by atoms with E-state index in [1.807, 2.05) is 6.08 Å². The molecular formula is C21H30O4. The van der Waals surface area contributed by atoms with E-state index in [1.54, 1.807) is 0 Å². The smallest absolute Gasteiger partial charge is 0.155 e. The molecule has 0 radical (unpaired) electrons. The Morgan fingerprint density at radius 1 is 1.16 bits per heavy atom. The van der Waals surface area contributed by atoms with E-state index in [0.717, 1.165) is 25.7 Å². The molecule has 4 heteroatoms. The van der Waals surface area contributed by atoms with Gasteiger partial charge in [0.15, 0.2) is 5.78 Å². The van der Waals surface area contributed by atoms with Crippen molar-refractivity contribution in [1.29, 1.82) is 0 Å². The fraction of sp³-hybridized carbons (Fsp3) is 0.810. The van der Waals surface area contributed by atoms with Crippen molar-refractivity contribution in [3.05, 3.63) is 11.6 Å². The van der Waals surface area contributed by atoms with Gasteiger partial charge in [-0.25, -0.2) is 0 Å². The zero-order valence-corrected chi connectivity index (χ0v) is 15.4. The van der Waals surface area contributed by atoms with Crippen LogP contribution in [0.3, 0.4) is 0 Å². The molecule has 0 bridgehead atoms. The molecule has 6 atom stereocenters. The quantitative estimate of drug-likeness (QED) is 0.806. The molecule has 3 fully saturated rings. The number of aliphatic hydroxyl groups is 2. The number of ketones is 2. The lowest BCUT2D eigenvalue weighted by atomic mass is 9.46. The highest BCUT2D eigenvalue weighted by Crippen LogP contribution is 2.66. The van der Waals surface area contributed by atoms with E-state index < -0.39 is 11.0 Å². The molecule has 0 aromatic carbocycles. The van der Waals surface area contributed by atoms with E-state index in [1.165, 1.54) is 5.57 Å². The summed E-state index contributed by atoms with van der Waals surface area (Å²) in [6.07, 6.45) is 7.40. The van der Waals surface area contributed by atoms with Gasteiger partial charge in [-0.05, 0) is 61.9 Å². The van der Waals surface area contributed by atoms with Gasteiger partial charge in [-0.15, -0.1) is 0 Å². The highest BCUT2D eigenvalue weighted by atomic mass is 16.3. The molecule has 4 nitrogen and oxygen atoms in total. The van der Waals surface area contributed by atoms with Gasteiger partial charge >= 0.3 is 0 Å². The third-order valence-corrected chi connectivity index (χ3v) is 8.50. The van der Waals surface area contributed by atoms with Gasteiger partial charge in [-0.1, -0.05) is 19.4 Å². The Bertz CT molecular complexity index is 652. The largest absolute Gasteiger partial charge is 0.396 e. The van der Waals surface area contributed by atoms with Crippen LogP contribution in [0.2, 0.25) is 0 Å². The number of rotatable bonds is 2. The van der Waals surface area contributed by atoms with Crippen LogP contribution in [0.4, 0.5) is 0 Å². The van der Waals surface area contributed by atoms with Crippen molar-refractivity contribution in [3.8, 4) is 0 Å². The third-order valence-electron chi connectivity index (χ3n) is 8.50. The van der Waals surface area contributed by atoms with Crippen LogP contribution in [0.15, 0.2) is 11.6 Å². The monoisotopic (exact) mass is 346 g/mol. The summed E-state index contributed by atoms with van der Waals surface area (Å²) < 4.78 is 0. The third kappa shape index (κ3) is 2.19. The maximum Gasteiger partial charge on any atom is 0.155 e. The Balaban J connectivity index is 1.73. The van der Waals surface area contributed by atoms with Gasteiger partial charge in [0, 0.05) is 30.8 Å². The molecule has 0 aromatic heterocycles. The van der Waals surface area contributed by atoms with E-state index in [2.05, 4.69) is 13.8 Å². The van der Waals surface area contributed by atoms with Crippen LogP contribution in [-0.2, 0) is 9.59 Å². The summed E-state index contributed by atoms with van der Waals surface area (Å²) in [5.74, 6) is 1.11. The van der Waals surface area contributed by atoms with Crippen molar-refractivity contribution in [2.24, 2.45) is 28.6 Å². The Hall–Kier alpha value is -1.00. The molecule has 0 unspecified atom stereocenters. The van der Waals surface area contributed by atoms with Gasteiger partial charge in [0.25, 0.3) is 0 Å². The van der Waals surface area contributed by atoms with Gasteiger partial charge in [-0.3, -0.25) is 9.59 Å². The second kappa shape index (κ2) is 5.50. The Morgan fingerprint density at radius 2 is 1.92 bits per heavy atom. The van der Waals surface area contributed by atoms with E-state index in [9.17, 15) is 19.8 Å². The van der Waals surface area contributed by atoms with E-state index >= 15 is 0 Å². The second-order valence-electron chi connectivity index (χ2n) is 9.44. The lowest BCUT2D eigenvalue weighted by Crippen LogP contribution is -2.58. The summed E-state index contributed by atoms with van der Waals surface area (Å²) >= 11 is 0. The normalized spacial score (nSPS) is 49.3. The number of hydrogen-bond donors (Lipinski definition) is 2. The van der Waals surface area contributed by atoms with E-state index in [4.69, 9.17) is 0 Å². The molecule has 138 valence electrons. The first kappa shape index (κ1) is 17.4. The number of allylic oxidation sites excluding steroid dienone is 1. The van der Waals surface area contributed by atoms with Crippen LogP contribution < -0.4 is 0 Å². The number of fused-ring (bicyclic) bond motifs is 5. The van der Waals surface area contributed by atoms with Crippen molar-refractivity contribution in [2.45, 2.75) is 70.8 Å². The van der Waals surface area contributed by atoms with Crippen molar-refractivity contribution >= 4 is 11.6 Å². The molecule has 4 aliphatic rings. The molecule has 0 spiro atoms. The van der Waals surface area contributed by atoms with E-state index in [0.29, 0.717) is 37.5 Å². The number of aliphatic hydroxyl groups excluding tert-OH is 1. The van der Waals surface area contributed by atoms with Gasteiger partial charge in [-0.2, -0.15) is 0 Å². The first-order valence-electron chi connectivity index (χ1n) is 9.85. The van der Waals surface area contributed by atoms with Crippen LogP contribution in [-0.4, -0.2) is 34.0 Å². The predicted octanol–water partition coefficient (Wildman–Crippen LogP) is 2.81. The molecule has 4 rings (SSSR count). The van der Waals surface area contributed by atoms with Crippen LogP contribution in [0.1, 0.15) is 65.2 Å². The highest BCUT2D eigenvalue weighted by Gasteiger charge is 2.66. The number of hydrogen-bond acceptors (Lipinski definition) is 4. The topological polar surface area (TPSA) is 74.6 Å². The van der Waals surface area contributed by atoms with Gasteiger partial charge in [0.2, 0.25) is 0 Å². The van der Waals surface area contributed by atoms with Gasteiger partial charge < -0.3 is 10.2 Å². The minimum Gasteiger partial charge on any atom is -0.396 e. The van der Waals surface area contributed by atoms with Gasteiger partial charge in [0.05, 0.1) is 5.60 Å². The summed E-state index contributed by atoms with van der Waals surface area (Å²) in [6.45, 7) is 4.23. The standard InChI is InChI=1S/C21H30O4/c1-19-7-5-14(23)11-13(19)3-4-15-16-6-8-21(25,9-10-22)20(16,2)12-17(24)18(15)19/h11,15-16,18,22,25H,3-10,12H2,1-2H3/t15-,16-,18+,19-,20-,21-/m0/s1. The zero-order valence-electron chi connectivity index (χ0n) is 15.4. The van der Waals surface area contributed by atoms with Crippen molar-refractivity contribution in [3.63, 3.8) is 0 Å².